The van der Waals surface area contributed by atoms with Gasteiger partial charge in [-0.2, -0.15) is 0 Å². The number of hydrogen-bond donors (Lipinski definition) is 3. The van der Waals surface area contributed by atoms with Crippen molar-refractivity contribution in [1.29, 1.82) is 0 Å². The monoisotopic (exact) mass is 237 g/mol. The SMILES string of the molecule is [2H]C([2H])(O)CCC[C@H](NC(=O)OC(C)(C)C)C([2H])([2H])O. The van der Waals surface area contributed by atoms with Gasteiger partial charge in [0.2, 0.25) is 0 Å². The van der Waals surface area contributed by atoms with Crippen LogP contribution in [0.1, 0.15) is 45.5 Å². The average Bonchev–Trinajstić information content (AvgIpc) is 2.09. The fourth-order valence-electron chi connectivity index (χ4n) is 1.00. The van der Waals surface area contributed by atoms with Crippen LogP contribution in [0.15, 0.2) is 0 Å². The van der Waals surface area contributed by atoms with Gasteiger partial charge in [0, 0.05) is 6.56 Å². The van der Waals surface area contributed by atoms with Gasteiger partial charge in [-0.1, -0.05) is 0 Å². The van der Waals surface area contributed by atoms with Crippen molar-refractivity contribution in [2.45, 2.75) is 51.7 Å². The van der Waals surface area contributed by atoms with Crippen LogP contribution in [0, 0.1) is 0 Å². The first-order valence-corrected chi connectivity index (χ1v) is 5.15. The molecule has 3 N–H and O–H groups in total. The molecular weight excluding hydrogens is 210 g/mol. The Morgan fingerprint density at radius 2 is 2.06 bits per heavy atom. The summed E-state index contributed by atoms with van der Waals surface area (Å²) in [5, 5.41) is 20.5. The van der Waals surface area contributed by atoms with Crippen molar-refractivity contribution in [1.82, 2.24) is 5.32 Å². The van der Waals surface area contributed by atoms with Gasteiger partial charge in [-0.3, -0.25) is 0 Å². The van der Waals surface area contributed by atoms with Crippen LogP contribution in [0.4, 0.5) is 4.79 Å². The number of carbonyl (C=O) groups excluding carboxylic acids is 1. The van der Waals surface area contributed by atoms with Gasteiger partial charge in [0.25, 0.3) is 0 Å². The Bertz CT molecular complexity index is 320. The minimum atomic E-state index is -2.67. The number of aliphatic hydroxyl groups is 2. The van der Waals surface area contributed by atoms with E-state index in [-0.39, 0.29) is 19.3 Å². The van der Waals surface area contributed by atoms with Crippen molar-refractivity contribution in [3.05, 3.63) is 0 Å². The third-order valence-corrected chi connectivity index (χ3v) is 1.63. The molecule has 0 aromatic carbocycles. The molecule has 0 rings (SSSR count). The van der Waals surface area contributed by atoms with Gasteiger partial charge in [-0.05, 0) is 40.0 Å². The lowest BCUT2D eigenvalue weighted by atomic mass is 10.1. The van der Waals surface area contributed by atoms with Crippen LogP contribution in [0.2, 0.25) is 0 Å². The van der Waals surface area contributed by atoms with E-state index in [0.717, 1.165) is 0 Å². The zero-order valence-corrected chi connectivity index (χ0v) is 9.91. The molecule has 0 unspecified atom stereocenters. The van der Waals surface area contributed by atoms with Gasteiger partial charge in [0.1, 0.15) is 5.60 Å². The molecule has 0 saturated carbocycles. The maximum Gasteiger partial charge on any atom is 0.407 e. The smallest absolute Gasteiger partial charge is 0.407 e. The molecule has 1 amide bonds. The molecule has 0 spiro atoms. The zero-order valence-electron chi connectivity index (χ0n) is 13.9. The first-order chi connectivity index (χ1) is 8.71. The molecule has 1 atom stereocenters. The Morgan fingerprint density at radius 1 is 1.44 bits per heavy atom. The number of rotatable bonds is 6. The summed E-state index contributed by atoms with van der Waals surface area (Å²) in [7, 11) is 0. The van der Waals surface area contributed by atoms with E-state index in [1.165, 1.54) is 0 Å². The van der Waals surface area contributed by atoms with Crippen LogP contribution < -0.4 is 5.32 Å². The predicted octanol–water partition coefficient (Wildman–Crippen LogP) is 1.03. The largest absolute Gasteiger partial charge is 0.444 e. The molecule has 0 aliphatic carbocycles. The van der Waals surface area contributed by atoms with E-state index in [1.54, 1.807) is 20.8 Å². The van der Waals surface area contributed by atoms with Crippen molar-refractivity contribution in [2.75, 3.05) is 13.1 Å². The lowest BCUT2D eigenvalue weighted by Gasteiger charge is -2.22. The van der Waals surface area contributed by atoms with E-state index >= 15 is 0 Å². The predicted molar refractivity (Wildman–Crippen MR) is 61.2 cm³/mol. The molecule has 0 saturated heterocycles. The first-order valence-electron chi connectivity index (χ1n) is 7.15. The third kappa shape index (κ3) is 8.49. The summed E-state index contributed by atoms with van der Waals surface area (Å²) >= 11 is 0. The number of ether oxygens (including phenoxy) is 1. The minimum Gasteiger partial charge on any atom is -0.444 e. The van der Waals surface area contributed by atoms with Crippen molar-refractivity contribution in [3.63, 3.8) is 0 Å². The molecule has 0 bridgehead atoms. The van der Waals surface area contributed by atoms with E-state index in [4.69, 9.17) is 15.3 Å². The summed E-state index contributed by atoms with van der Waals surface area (Å²) in [6.45, 7) is -0.0852. The summed E-state index contributed by atoms with van der Waals surface area (Å²) in [6, 6.07) is -1.25. The van der Waals surface area contributed by atoms with Crippen LogP contribution in [-0.4, -0.2) is 41.1 Å². The van der Waals surface area contributed by atoms with Gasteiger partial charge in [-0.15, -0.1) is 0 Å². The second-order valence-corrected chi connectivity index (χ2v) is 4.38. The van der Waals surface area contributed by atoms with E-state index in [0.29, 0.717) is 0 Å². The Kier molecular flexibility index (Phi) is 4.31. The molecule has 5 nitrogen and oxygen atoms in total. The van der Waals surface area contributed by atoms with E-state index < -0.39 is 30.9 Å². The van der Waals surface area contributed by atoms with E-state index in [9.17, 15) is 9.90 Å². The minimum absolute atomic E-state index is 0.0389. The summed E-state index contributed by atoms with van der Waals surface area (Å²) < 4.78 is 33.3. The Labute approximate surface area is 102 Å². The van der Waals surface area contributed by atoms with Crippen molar-refractivity contribution in [3.8, 4) is 0 Å². The molecule has 16 heavy (non-hydrogen) atoms. The molecular formula is C11H23NO4. The highest BCUT2D eigenvalue weighted by atomic mass is 16.6. The third-order valence-electron chi connectivity index (χ3n) is 1.63. The summed E-state index contributed by atoms with van der Waals surface area (Å²) in [5.41, 5.74) is -0.751. The summed E-state index contributed by atoms with van der Waals surface area (Å²) in [5.74, 6) is 0. The number of alkyl carbamates (subject to hydrolysis) is 1. The number of carbonyl (C=O) groups is 1. The highest BCUT2D eigenvalue weighted by molar-refractivity contribution is 5.68. The van der Waals surface area contributed by atoms with Gasteiger partial charge in [0.15, 0.2) is 0 Å². The molecule has 0 aliphatic rings. The second-order valence-electron chi connectivity index (χ2n) is 4.38. The Balaban J connectivity index is 4.48. The molecule has 5 heteroatoms. The Morgan fingerprint density at radius 3 is 2.50 bits per heavy atom. The molecule has 0 aliphatic heterocycles. The van der Waals surface area contributed by atoms with E-state index in [2.05, 4.69) is 5.32 Å². The van der Waals surface area contributed by atoms with Crippen LogP contribution in [0.5, 0.6) is 0 Å². The molecule has 0 fully saturated rings. The van der Waals surface area contributed by atoms with Gasteiger partial charge < -0.3 is 20.3 Å². The highest BCUT2D eigenvalue weighted by Crippen LogP contribution is 2.07. The van der Waals surface area contributed by atoms with Crippen LogP contribution in [0.3, 0.4) is 0 Å². The summed E-state index contributed by atoms with van der Waals surface area (Å²) in [4.78, 5) is 11.5. The van der Waals surface area contributed by atoms with Crippen molar-refractivity contribution in [2.24, 2.45) is 0 Å². The number of amides is 1. The normalized spacial score (nSPS) is 18.8. The zero-order chi connectivity index (χ0) is 16.2. The van der Waals surface area contributed by atoms with Crippen LogP contribution >= 0.6 is 0 Å². The second kappa shape index (κ2) is 7.46. The molecule has 0 heterocycles. The molecule has 0 aromatic rings. The lowest BCUT2D eigenvalue weighted by molar-refractivity contribution is 0.0478. The van der Waals surface area contributed by atoms with Crippen molar-refractivity contribution < 1.29 is 25.2 Å². The Hall–Kier alpha value is -0.810. The lowest BCUT2D eigenvalue weighted by Crippen LogP contribution is -2.41. The maximum absolute atomic E-state index is 11.5. The van der Waals surface area contributed by atoms with Crippen LogP contribution in [0.25, 0.3) is 0 Å². The average molecular weight is 237 g/mol. The van der Waals surface area contributed by atoms with Gasteiger partial charge in [0.05, 0.1) is 18.1 Å². The quantitative estimate of drug-likeness (QED) is 0.645. The highest BCUT2D eigenvalue weighted by Gasteiger charge is 2.18. The standard InChI is InChI=1S/C11H23NO4/c1-11(2,3)16-10(15)12-9(8-14)6-4-5-7-13/h9,13-14H,4-8H2,1-3H3,(H,12,15)/t9-/m0/s1/i7D2,8D2. The number of hydrogen-bond acceptors (Lipinski definition) is 4. The molecule has 0 aromatic heterocycles. The summed E-state index contributed by atoms with van der Waals surface area (Å²) in [6.07, 6.45) is -1.05. The van der Waals surface area contributed by atoms with E-state index in [1.807, 2.05) is 0 Å². The van der Waals surface area contributed by atoms with Gasteiger partial charge in [-0.25, -0.2) is 4.79 Å². The fraction of sp³-hybridized carbons (Fsp3) is 0.909. The molecule has 0 radical (unpaired) electrons. The van der Waals surface area contributed by atoms with Crippen molar-refractivity contribution >= 4 is 6.09 Å². The number of nitrogens with one attached hydrogen (secondary N) is 1. The van der Waals surface area contributed by atoms with Gasteiger partial charge >= 0.3 is 6.09 Å². The molecule has 96 valence electrons. The maximum atomic E-state index is 11.5. The van der Waals surface area contributed by atoms with Crippen LogP contribution in [-0.2, 0) is 4.74 Å². The first kappa shape index (κ1) is 9.24. The topological polar surface area (TPSA) is 78.8 Å². The fourth-order valence-corrected chi connectivity index (χ4v) is 1.00.